The highest BCUT2D eigenvalue weighted by Crippen LogP contribution is 2.25. The largest absolute Gasteiger partial charge is 0.452 e. The molecule has 0 atom stereocenters. The first-order chi connectivity index (χ1) is 9.44. The fraction of sp³-hybridized carbons (Fsp3) is 0.467. The molecule has 5 nitrogen and oxygen atoms in total. The molecule has 0 aliphatic heterocycles. The van der Waals surface area contributed by atoms with Crippen molar-refractivity contribution in [2.24, 2.45) is 5.41 Å². The summed E-state index contributed by atoms with van der Waals surface area (Å²) < 4.78 is 25.2. The topological polar surface area (TPSA) is 87.6 Å². The number of ketones is 1. The first-order valence-electron chi connectivity index (χ1n) is 6.53. The Hall–Kier alpha value is -1.78. The van der Waals surface area contributed by atoms with E-state index in [1.807, 2.05) is 13.8 Å². The van der Waals surface area contributed by atoms with Crippen molar-refractivity contribution in [2.75, 3.05) is 0 Å². The van der Waals surface area contributed by atoms with Crippen LogP contribution < -0.4 is 0 Å². The van der Waals surface area contributed by atoms with Crippen molar-refractivity contribution in [1.82, 2.24) is 0 Å². The molecule has 0 fully saturated rings. The van der Waals surface area contributed by atoms with Crippen LogP contribution in [0, 0.1) is 26.2 Å². The summed E-state index contributed by atoms with van der Waals surface area (Å²) in [7, 11) is -4.15. The van der Waals surface area contributed by atoms with Gasteiger partial charge in [-0.1, -0.05) is 26.8 Å². The molecule has 0 bridgehead atoms. The normalized spacial score (nSPS) is 11.9. The SMILES string of the molecule is Cc1ccc(S(=O)(=O)C(=[N+]=[N-])C(=O)C(C)(C)C)c(C)c1C. The molecule has 1 rings (SSSR count). The first-order valence-corrected chi connectivity index (χ1v) is 8.01. The Morgan fingerprint density at radius 2 is 1.62 bits per heavy atom. The summed E-state index contributed by atoms with van der Waals surface area (Å²) in [5, 5.41) is -0.818. The summed E-state index contributed by atoms with van der Waals surface area (Å²) >= 11 is 0. The predicted octanol–water partition coefficient (Wildman–Crippen LogP) is 2.63. The third-order valence-corrected chi connectivity index (χ3v) is 5.32. The Balaban J connectivity index is 3.59. The molecule has 0 aromatic heterocycles. The fourth-order valence-corrected chi connectivity index (χ4v) is 3.54. The van der Waals surface area contributed by atoms with E-state index in [0.717, 1.165) is 11.1 Å². The summed E-state index contributed by atoms with van der Waals surface area (Å²) in [6.07, 6.45) is 0. The molecular formula is C15H20N2O3S. The summed E-state index contributed by atoms with van der Waals surface area (Å²) in [5.74, 6) is -0.720. The van der Waals surface area contributed by atoms with Crippen LogP contribution in [-0.2, 0) is 14.6 Å². The Kier molecular flexibility index (Phi) is 4.56. The molecule has 0 spiro atoms. The van der Waals surface area contributed by atoms with Gasteiger partial charge in [-0.15, -0.1) is 4.79 Å². The van der Waals surface area contributed by atoms with Gasteiger partial charge in [-0.3, -0.25) is 4.79 Å². The van der Waals surface area contributed by atoms with E-state index in [0.29, 0.717) is 5.56 Å². The quantitative estimate of drug-likeness (QED) is 0.364. The Bertz CT molecular complexity index is 750. The zero-order valence-corrected chi connectivity index (χ0v) is 14.0. The highest BCUT2D eigenvalue weighted by molar-refractivity contribution is 8.08. The summed E-state index contributed by atoms with van der Waals surface area (Å²) in [4.78, 5) is 15.0. The van der Waals surface area contributed by atoms with E-state index in [4.69, 9.17) is 5.53 Å². The molecule has 6 heteroatoms. The minimum atomic E-state index is -4.15. The maximum absolute atomic E-state index is 12.6. The van der Waals surface area contributed by atoms with Crippen molar-refractivity contribution < 1.29 is 18.0 Å². The lowest BCUT2D eigenvalue weighted by molar-refractivity contribution is -0.123. The number of hydrogen-bond donors (Lipinski definition) is 0. The lowest BCUT2D eigenvalue weighted by Gasteiger charge is -2.14. The predicted molar refractivity (Wildman–Crippen MR) is 80.9 cm³/mol. The van der Waals surface area contributed by atoms with Crippen LogP contribution in [0.3, 0.4) is 0 Å². The smallest absolute Gasteiger partial charge is 0.360 e. The third-order valence-electron chi connectivity index (χ3n) is 3.52. The Morgan fingerprint density at radius 3 is 2.05 bits per heavy atom. The molecule has 0 saturated heterocycles. The summed E-state index contributed by atoms with van der Waals surface area (Å²) in [5.41, 5.74) is 10.4. The van der Waals surface area contributed by atoms with Crippen LogP contribution in [-0.4, -0.2) is 24.0 Å². The molecule has 0 aliphatic carbocycles. The molecule has 21 heavy (non-hydrogen) atoms. The highest BCUT2D eigenvalue weighted by Gasteiger charge is 2.43. The second-order valence-corrected chi connectivity index (χ2v) is 7.95. The van der Waals surface area contributed by atoms with E-state index in [9.17, 15) is 13.2 Å². The second kappa shape index (κ2) is 5.54. The van der Waals surface area contributed by atoms with Crippen molar-refractivity contribution in [1.29, 1.82) is 0 Å². The van der Waals surface area contributed by atoms with Crippen molar-refractivity contribution in [3.05, 3.63) is 34.4 Å². The fourth-order valence-electron chi connectivity index (χ4n) is 1.87. The van der Waals surface area contributed by atoms with E-state index in [1.54, 1.807) is 33.8 Å². The first kappa shape index (κ1) is 17.3. The number of hydrogen-bond acceptors (Lipinski definition) is 3. The van der Waals surface area contributed by atoms with Crippen molar-refractivity contribution in [2.45, 2.75) is 46.4 Å². The lowest BCUT2D eigenvalue weighted by Crippen LogP contribution is -2.35. The van der Waals surface area contributed by atoms with Gasteiger partial charge in [0.2, 0.25) is 0 Å². The van der Waals surface area contributed by atoms with Gasteiger partial charge in [0, 0.05) is 5.41 Å². The average Bonchev–Trinajstić information content (AvgIpc) is 2.35. The molecule has 0 unspecified atom stereocenters. The number of sulfone groups is 1. The number of aryl methyl sites for hydroxylation is 1. The molecule has 0 amide bonds. The van der Waals surface area contributed by atoms with Crippen LogP contribution in [0.5, 0.6) is 0 Å². The van der Waals surface area contributed by atoms with Gasteiger partial charge in [0.1, 0.15) is 0 Å². The summed E-state index contributed by atoms with van der Waals surface area (Å²) in [6.45, 7) is 10.1. The van der Waals surface area contributed by atoms with E-state index in [-0.39, 0.29) is 4.90 Å². The maximum atomic E-state index is 12.6. The zero-order chi connectivity index (χ0) is 16.6. The van der Waals surface area contributed by atoms with Crippen molar-refractivity contribution in [3.8, 4) is 0 Å². The second-order valence-electron chi connectivity index (χ2n) is 6.12. The van der Waals surface area contributed by atoms with Gasteiger partial charge in [0.25, 0.3) is 15.6 Å². The molecule has 0 heterocycles. The number of Topliss-reactive ketones (excluding diaryl/α,β-unsaturated/α-hetero) is 1. The molecule has 0 saturated carbocycles. The molecular weight excluding hydrogens is 288 g/mol. The molecule has 0 radical (unpaired) electrons. The molecule has 0 aliphatic rings. The number of rotatable bonds is 2. The third kappa shape index (κ3) is 3.12. The van der Waals surface area contributed by atoms with E-state index in [2.05, 4.69) is 4.79 Å². The van der Waals surface area contributed by atoms with E-state index >= 15 is 0 Å². The number of carbonyl (C=O) groups is 1. The zero-order valence-electron chi connectivity index (χ0n) is 13.2. The number of carbonyl (C=O) groups excluding carboxylic acids is 1. The Morgan fingerprint density at radius 1 is 1.10 bits per heavy atom. The monoisotopic (exact) mass is 308 g/mol. The molecule has 1 aromatic rings. The van der Waals surface area contributed by atoms with Crippen LogP contribution in [0.15, 0.2) is 17.0 Å². The van der Waals surface area contributed by atoms with Gasteiger partial charge >= 0.3 is 5.04 Å². The highest BCUT2D eigenvalue weighted by atomic mass is 32.2. The minimum Gasteiger partial charge on any atom is -0.360 e. The Labute approximate surface area is 125 Å². The van der Waals surface area contributed by atoms with Gasteiger partial charge in [-0.05, 0) is 43.5 Å². The maximum Gasteiger partial charge on any atom is 0.452 e. The van der Waals surface area contributed by atoms with Crippen LogP contribution in [0.25, 0.3) is 5.53 Å². The standard InChI is InChI=1S/C15H20N2O3S/c1-9-7-8-12(11(3)10(9)2)21(19,20)14(17-16)13(18)15(4,5)6/h7-8H,1-6H3. The van der Waals surface area contributed by atoms with Crippen LogP contribution in [0.2, 0.25) is 0 Å². The summed E-state index contributed by atoms with van der Waals surface area (Å²) in [6, 6.07) is 3.11. The molecule has 114 valence electrons. The van der Waals surface area contributed by atoms with Gasteiger partial charge in [-0.2, -0.15) is 0 Å². The van der Waals surface area contributed by atoms with Gasteiger partial charge in [-0.25, -0.2) is 8.42 Å². The van der Waals surface area contributed by atoms with E-state index in [1.165, 1.54) is 6.07 Å². The number of nitrogens with zero attached hydrogens (tertiary/aromatic N) is 2. The minimum absolute atomic E-state index is 0.00370. The lowest BCUT2D eigenvalue weighted by atomic mass is 9.91. The van der Waals surface area contributed by atoms with Gasteiger partial charge in [0.05, 0.1) is 4.90 Å². The average molecular weight is 308 g/mol. The van der Waals surface area contributed by atoms with Crippen LogP contribution >= 0.6 is 0 Å². The van der Waals surface area contributed by atoms with Gasteiger partial charge in [0.15, 0.2) is 0 Å². The van der Waals surface area contributed by atoms with Crippen molar-refractivity contribution in [3.63, 3.8) is 0 Å². The van der Waals surface area contributed by atoms with E-state index < -0.39 is 26.1 Å². The number of benzene rings is 1. The molecule has 0 N–H and O–H groups in total. The molecule has 1 aromatic carbocycles. The van der Waals surface area contributed by atoms with Crippen LogP contribution in [0.1, 0.15) is 37.5 Å². The van der Waals surface area contributed by atoms with Gasteiger partial charge < -0.3 is 5.53 Å². The van der Waals surface area contributed by atoms with Crippen molar-refractivity contribution >= 4 is 20.7 Å². The van der Waals surface area contributed by atoms with Crippen LogP contribution in [0.4, 0.5) is 0 Å².